The number of nitrogen functional groups attached to an aromatic ring is 1. The lowest BCUT2D eigenvalue weighted by Crippen LogP contribution is -2.07. The minimum Gasteiger partial charge on any atom is -0.398 e. The average Bonchev–Trinajstić information content (AvgIpc) is 2.39. The summed E-state index contributed by atoms with van der Waals surface area (Å²) in [6, 6.07) is 8.53. The Balaban J connectivity index is 2.00. The fourth-order valence-electron chi connectivity index (χ4n) is 2.08. The molecule has 2 aromatic rings. The third kappa shape index (κ3) is 4.02. The van der Waals surface area contributed by atoms with Gasteiger partial charge in [-0.2, -0.15) is 0 Å². The van der Waals surface area contributed by atoms with Gasteiger partial charge in [-0.3, -0.25) is 4.79 Å². The highest BCUT2D eigenvalue weighted by molar-refractivity contribution is 6.00. The van der Waals surface area contributed by atoms with E-state index in [1.807, 2.05) is 0 Å². The molecular formula is C16H16F2N2O. The molecule has 0 saturated carbocycles. The Hall–Kier alpha value is -2.43. The van der Waals surface area contributed by atoms with E-state index in [4.69, 9.17) is 5.73 Å². The molecule has 0 amide bonds. The predicted molar refractivity (Wildman–Crippen MR) is 79.4 cm³/mol. The number of rotatable bonds is 5. The van der Waals surface area contributed by atoms with E-state index in [9.17, 15) is 13.6 Å². The average molecular weight is 290 g/mol. The first-order valence-electron chi connectivity index (χ1n) is 6.55. The van der Waals surface area contributed by atoms with Crippen molar-refractivity contribution in [1.82, 2.24) is 0 Å². The van der Waals surface area contributed by atoms with Crippen LogP contribution in [0.25, 0.3) is 0 Å². The lowest BCUT2D eigenvalue weighted by molar-refractivity contribution is 0.101. The van der Waals surface area contributed by atoms with Crippen molar-refractivity contribution >= 4 is 17.2 Å². The van der Waals surface area contributed by atoms with E-state index >= 15 is 0 Å². The quantitative estimate of drug-likeness (QED) is 0.655. The highest BCUT2D eigenvalue weighted by atomic mass is 19.1. The molecular weight excluding hydrogens is 274 g/mol. The van der Waals surface area contributed by atoms with Crippen molar-refractivity contribution in [3.05, 3.63) is 59.2 Å². The first-order valence-corrected chi connectivity index (χ1v) is 6.55. The van der Waals surface area contributed by atoms with Gasteiger partial charge in [0.15, 0.2) is 5.78 Å². The molecule has 0 aromatic heterocycles. The Kier molecular flexibility index (Phi) is 4.52. The van der Waals surface area contributed by atoms with E-state index in [-0.39, 0.29) is 5.78 Å². The summed E-state index contributed by atoms with van der Waals surface area (Å²) in [7, 11) is 0. The van der Waals surface area contributed by atoms with Gasteiger partial charge in [-0.1, -0.05) is 0 Å². The second kappa shape index (κ2) is 6.35. The summed E-state index contributed by atoms with van der Waals surface area (Å²) >= 11 is 0. The van der Waals surface area contributed by atoms with Gasteiger partial charge in [0.25, 0.3) is 0 Å². The Morgan fingerprint density at radius 3 is 2.43 bits per heavy atom. The summed E-state index contributed by atoms with van der Waals surface area (Å²) in [4.78, 5) is 11.4. The number of nitrogens with one attached hydrogen (secondary N) is 1. The summed E-state index contributed by atoms with van der Waals surface area (Å²) in [5.41, 5.74) is 7.91. The predicted octanol–water partition coefficient (Wildman–Crippen LogP) is 3.40. The number of halogens is 2. The van der Waals surface area contributed by atoms with E-state index in [0.29, 0.717) is 29.8 Å². The standard InChI is InChI=1S/C16H16F2N2O/c1-10(21)15-9-14(2-3-16(15)19)20-5-4-11-6-12(17)8-13(18)7-11/h2-3,6-9,20H,4-5,19H2,1H3. The van der Waals surface area contributed by atoms with Crippen molar-refractivity contribution in [2.45, 2.75) is 13.3 Å². The lowest BCUT2D eigenvalue weighted by Gasteiger charge is -2.09. The van der Waals surface area contributed by atoms with Gasteiger partial charge in [0.05, 0.1) is 0 Å². The molecule has 2 aromatic carbocycles. The van der Waals surface area contributed by atoms with Crippen molar-refractivity contribution < 1.29 is 13.6 Å². The third-order valence-corrected chi connectivity index (χ3v) is 3.10. The highest BCUT2D eigenvalue weighted by Gasteiger charge is 2.06. The number of hydrogen-bond donors (Lipinski definition) is 2. The number of nitrogens with two attached hydrogens (primary N) is 1. The monoisotopic (exact) mass is 290 g/mol. The van der Waals surface area contributed by atoms with Gasteiger partial charge < -0.3 is 11.1 Å². The second-order valence-corrected chi connectivity index (χ2v) is 4.81. The molecule has 3 nitrogen and oxygen atoms in total. The largest absolute Gasteiger partial charge is 0.398 e. The molecule has 0 aliphatic rings. The van der Waals surface area contributed by atoms with Gasteiger partial charge in [0.2, 0.25) is 0 Å². The molecule has 0 saturated heterocycles. The van der Waals surface area contributed by atoms with E-state index in [1.54, 1.807) is 18.2 Å². The lowest BCUT2D eigenvalue weighted by atomic mass is 10.1. The van der Waals surface area contributed by atoms with Crippen LogP contribution >= 0.6 is 0 Å². The normalized spacial score (nSPS) is 10.4. The summed E-state index contributed by atoms with van der Waals surface area (Å²) < 4.78 is 26.1. The van der Waals surface area contributed by atoms with Gasteiger partial charge in [-0.25, -0.2) is 8.78 Å². The molecule has 0 atom stereocenters. The van der Waals surface area contributed by atoms with Gasteiger partial charge in [0, 0.05) is 29.5 Å². The van der Waals surface area contributed by atoms with Crippen LogP contribution in [-0.2, 0) is 6.42 Å². The number of carbonyl (C=O) groups is 1. The summed E-state index contributed by atoms with van der Waals surface area (Å²) in [5, 5.41) is 3.10. The minimum atomic E-state index is -0.587. The molecule has 0 unspecified atom stereocenters. The van der Waals surface area contributed by atoms with Crippen LogP contribution in [-0.4, -0.2) is 12.3 Å². The Morgan fingerprint density at radius 2 is 1.81 bits per heavy atom. The minimum absolute atomic E-state index is 0.108. The van der Waals surface area contributed by atoms with Gasteiger partial charge in [-0.15, -0.1) is 0 Å². The molecule has 0 spiro atoms. The summed E-state index contributed by atoms with van der Waals surface area (Å²) in [5.74, 6) is -1.28. The first kappa shape index (κ1) is 15.0. The van der Waals surface area contributed by atoms with Crippen LogP contribution in [0.5, 0.6) is 0 Å². The SMILES string of the molecule is CC(=O)c1cc(NCCc2cc(F)cc(F)c2)ccc1N. The number of ketones is 1. The van der Waals surface area contributed by atoms with Crippen molar-refractivity contribution in [1.29, 1.82) is 0 Å². The maximum absolute atomic E-state index is 13.1. The summed E-state index contributed by atoms with van der Waals surface area (Å²) in [6.07, 6.45) is 0.467. The zero-order valence-corrected chi connectivity index (χ0v) is 11.6. The van der Waals surface area contributed by atoms with Crippen LogP contribution in [0, 0.1) is 11.6 Å². The Morgan fingerprint density at radius 1 is 1.14 bits per heavy atom. The fourth-order valence-corrected chi connectivity index (χ4v) is 2.08. The van der Waals surface area contributed by atoms with Crippen molar-refractivity contribution in [2.24, 2.45) is 0 Å². The molecule has 0 aliphatic heterocycles. The second-order valence-electron chi connectivity index (χ2n) is 4.81. The zero-order valence-electron chi connectivity index (χ0n) is 11.6. The van der Waals surface area contributed by atoms with E-state index in [2.05, 4.69) is 5.32 Å². The van der Waals surface area contributed by atoms with Crippen molar-refractivity contribution in [3.63, 3.8) is 0 Å². The highest BCUT2D eigenvalue weighted by Crippen LogP contribution is 2.18. The number of benzene rings is 2. The number of hydrogen-bond acceptors (Lipinski definition) is 3. The number of carbonyl (C=O) groups excluding carboxylic acids is 1. The smallest absolute Gasteiger partial charge is 0.161 e. The molecule has 110 valence electrons. The van der Waals surface area contributed by atoms with Crippen LogP contribution in [0.4, 0.5) is 20.2 Å². The van der Waals surface area contributed by atoms with Crippen LogP contribution in [0.2, 0.25) is 0 Å². The molecule has 3 N–H and O–H groups in total. The maximum atomic E-state index is 13.1. The fraction of sp³-hybridized carbons (Fsp3) is 0.188. The van der Waals surface area contributed by atoms with Crippen LogP contribution < -0.4 is 11.1 Å². The van der Waals surface area contributed by atoms with Crippen molar-refractivity contribution in [2.75, 3.05) is 17.6 Å². The van der Waals surface area contributed by atoms with Crippen molar-refractivity contribution in [3.8, 4) is 0 Å². The molecule has 0 heterocycles. The van der Waals surface area contributed by atoms with Crippen LogP contribution in [0.15, 0.2) is 36.4 Å². The van der Waals surface area contributed by atoms with Crippen LogP contribution in [0.1, 0.15) is 22.8 Å². The van der Waals surface area contributed by atoms with E-state index < -0.39 is 11.6 Å². The van der Waals surface area contributed by atoms with Gasteiger partial charge >= 0.3 is 0 Å². The Bertz CT molecular complexity index is 651. The maximum Gasteiger partial charge on any atom is 0.161 e. The van der Waals surface area contributed by atoms with E-state index in [0.717, 1.165) is 11.8 Å². The van der Waals surface area contributed by atoms with E-state index in [1.165, 1.54) is 19.1 Å². The van der Waals surface area contributed by atoms with Gasteiger partial charge in [0.1, 0.15) is 11.6 Å². The zero-order chi connectivity index (χ0) is 15.4. The molecule has 2 rings (SSSR count). The molecule has 0 fully saturated rings. The third-order valence-electron chi connectivity index (χ3n) is 3.10. The van der Waals surface area contributed by atoms with Gasteiger partial charge in [-0.05, 0) is 49.2 Å². The molecule has 21 heavy (non-hydrogen) atoms. The first-order chi connectivity index (χ1) is 9.95. The van der Waals surface area contributed by atoms with Crippen LogP contribution in [0.3, 0.4) is 0 Å². The number of anilines is 2. The molecule has 0 bridgehead atoms. The molecule has 0 radical (unpaired) electrons. The molecule has 0 aliphatic carbocycles. The molecule has 5 heteroatoms. The number of Topliss-reactive ketones (excluding diaryl/α,β-unsaturated/α-hetero) is 1. The summed E-state index contributed by atoms with van der Waals surface area (Å²) in [6.45, 7) is 1.94. The Labute approximate surface area is 121 Å². The topological polar surface area (TPSA) is 55.1 Å².